The quantitative estimate of drug-likeness (QED) is 0.718. The molecule has 0 fully saturated rings. The van der Waals surface area contributed by atoms with Gasteiger partial charge in [0.15, 0.2) is 0 Å². The van der Waals surface area contributed by atoms with Crippen LogP contribution in [-0.2, 0) is 9.53 Å². The third kappa shape index (κ3) is 4.32. The molecule has 1 rings (SSSR count). The van der Waals surface area contributed by atoms with E-state index in [1.54, 1.807) is 32.0 Å². The van der Waals surface area contributed by atoms with E-state index in [-0.39, 0.29) is 12.0 Å². The summed E-state index contributed by atoms with van der Waals surface area (Å²) in [5.41, 5.74) is 7.12. The number of anilines is 3. The van der Waals surface area contributed by atoms with Crippen molar-refractivity contribution in [2.24, 2.45) is 0 Å². The second-order valence-electron chi connectivity index (χ2n) is 4.06. The molecule has 0 radical (unpaired) electrons. The van der Waals surface area contributed by atoms with E-state index in [4.69, 9.17) is 10.5 Å². The molecule has 0 aliphatic heterocycles. The van der Waals surface area contributed by atoms with Crippen LogP contribution in [0.3, 0.4) is 0 Å². The molecule has 6 heteroatoms. The first-order chi connectivity index (χ1) is 8.38. The Hall–Kier alpha value is -2.24. The van der Waals surface area contributed by atoms with Crippen LogP contribution in [0.1, 0.15) is 20.8 Å². The van der Waals surface area contributed by atoms with Crippen LogP contribution in [0.5, 0.6) is 0 Å². The van der Waals surface area contributed by atoms with Gasteiger partial charge in [-0.1, -0.05) is 0 Å². The molecule has 0 saturated carbocycles. The molecular formula is C12H17N3O3. The predicted molar refractivity (Wildman–Crippen MR) is 70.4 cm³/mol. The van der Waals surface area contributed by atoms with Gasteiger partial charge in [-0.05, 0) is 32.0 Å². The summed E-state index contributed by atoms with van der Waals surface area (Å²) in [5, 5.41) is 5.12. The lowest BCUT2D eigenvalue weighted by Crippen LogP contribution is -2.18. The van der Waals surface area contributed by atoms with Crippen LogP contribution in [0, 0.1) is 0 Å². The van der Waals surface area contributed by atoms with Crippen molar-refractivity contribution in [3.8, 4) is 0 Å². The number of nitrogens with one attached hydrogen (secondary N) is 2. The largest absolute Gasteiger partial charge is 0.447 e. The van der Waals surface area contributed by atoms with E-state index in [0.29, 0.717) is 17.1 Å². The van der Waals surface area contributed by atoms with Crippen molar-refractivity contribution in [2.75, 3.05) is 16.4 Å². The minimum atomic E-state index is -0.545. The van der Waals surface area contributed by atoms with Crippen molar-refractivity contribution < 1.29 is 14.3 Å². The van der Waals surface area contributed by atoms with Gasteiger partial charge >= 0.3 is 6.09 Å². The molecule has 0 saturated heterocycles. The predicted octanol–water partition coefficient (Wildman–Crippen LogP) is 2.18. The van der Waals surface area contributed by atoms with Gasteiger partial charge in [-0.2, -0.15) is 0 Å². The number of carbonyl (C=O) groups excluding carboxylic acids is 2. The van der Waals surface area contributed by atoms with Crippen molar-refractivity contribution in [2.45, 2.75) is 26.9 Å². The van der Waals surface area contributed by atoms with Gasteiger partial charge in [0.05, 0.1) is 17.5 Å². The molecule has 98 valence electrons. The molecular weight excluding hydrogens is 234 g/mol. The minimum Gasteiger partial charge on any atom is -0.447 e. The Balaban J connectivity index is 2.72. The lowest BCUT2D eigenvalue weighted by Gasteiger charge is -2.11. The topological polar surface area (TPSA) is 93.5 Å². The number of nitrogens with two attached hydrogens (primary N) is 1. The van der Waals surface area contributed by atoms with Gasteiger partial charge in [-0.3, -0.25) is 10.1 Å². The van der Waals surface area contributed by atoms with Crippen molar-refractivity contribution in [3.63, 3.8) is 0 Å². The number of hydrogen-bond donors (Lipinski definition) is 3. The first kappa shape index (κ1) is 13.8. The summed E-state index contributed by atoms with van der Waals surface area (Å²) in [6.45, 7) is 4.91. The summed E-state index contributed by atoms with van der Waals surface area (Å²) < 4.78 is 4.93. The maximum Gasteiger partial charge on any atom is 0.411 e. The lowest BCUT2D eigenvalue weighted by molar-refractivity contribution is -0.114. The SMILES string of the molecule is CC(=O)Nc1ccc(NC(=O)OC(C)C)cc1N. The van der Waals surface area contributed by atoms with Crippen molar-refractivity contribution >= 4 is 29.1 Å². The maximum atomic E-state index is 11.4. The zero-order chi connectivity index (χ0) is 13.7. The highest BCUT2D eigenvalue weighted by atomic mass is 16.6. The minimum absolute atomic E-state index is 0.194. The van der Waals surface area contributed by atoms with Crippen LogP contribution in [-0.4, -0.2) is 18.1 Å². The zero-order valence-corrected chi connectivity index (χ0v) is 10.6. The van der Waals surface area contributed by atoms with Gasteiger partial charge in [0, 0.05) is 12.6 Å². The molecule has 6 nitrogen and oxygen atoms in total. The fourth-order valence-corrected chi connectivity index (χ4v) is 1.31. The number of carbonyl (C=O) groups is 2. The average molecular weight is 251 g/mol. The summed E-state index contributed by atoms with van der Waals surface area (Å²) in [5.74, 6) is -0.207. The number of ether oxygens (including phenoxy) is 1. The van der Waals surface area contributed by atoms with Crippen LogP contribution in [0.4, 0.5) is 21.9 Å². The summed E-state index contributed by atoms with van der Waals surface area (Å²) >= 11 is 0. The lowest BCUT2D eigenvalue weighted by atomic mass is 10.2. The molecule has 0 aliphatic rings. The fourth-order valence-electron chi connectivity index (χ4n) is 1.31. The third-order valence-corrected chi connectivity index (χ3v) is 1.95. The van der Waals surface area contributed by atoms with Gasteiger partial charge in [0.1, 0.15) is 0 Å². The van der Waals surface area contributed by atoms with Gasteiger partial charge in [-0.25, -0.2) is 4.79 Å². The van der Waals surface area contributed by atoms with Crippen LogP contribution in [0.25, 0.3) is 0 Å². The van der Waals surface area contributed by atoms with E-state index < -0.39 is 6.09 Å². The smallest absolute Gasteiger partial charge is 0.411 e. The summed E-state index contributed by atoms with van der Waals surface area (Å²) in [6, 6.07) is 4.79. The van der Waals surface area contributed by atoms with Crippen LogP contribution < -0.4 is 16.4 Å². The molecule has 0 aliphatic carbocycles. The molecule has 0 bridgehead atoms. The Bertz CT molecular complexity index is 458. The summed E-state index contributed by atoms with van der Waals surface area (Å²) in [7, 11) is 0. The fraction of sp³-hybridized carbons (Fsp3) is 0.333. The van der Waals surface area contributed by atoms with E-state index >= 15 is 0 Å². The second-order valence-corrected chi connectivity index (χ2v) is 4.06. The Morgan fingerprint density at radius 2 is 1.94 bits per heavy atom. The standard InChI is InChI=1S/C12H17N3O3/c1-7(2)18-12(17)15-9-4-5-11(10(13)6-9)14-8(3)16/h4-7H,13H2,1-3H3,(H,14,16)(H,15,17). The highest BCUT2D eigenvalue weighted by molar-refractivity contribution is 5.94. The Kier molecular flexibility index (Phi) is 4.53. The molecule has 4 N–H and O–H groups in total. The van der Waals surface area contributed by atoms with E-state index in [1.807, 2.05) is 0 Å². The Morgan fingerprint density at radius 3 is 2.44 bits per heavy atom. The van der Waals surface area contributed by atoms with Gasteiger partial charge in [0.25, 0.3) is 0 Å². The van der Waals surface area contributed by atoms with Crippen molar-refractivity contribution in [3.05, 3.63) is 18.2 Å². The normalized spacial score (nSPS) is 10.0. The maximum absolute atomic E-state index is 11.4. The van der Waals surface area contributed by atoms with E-state index in [0.717, 1.165) is 0 Å². The molecule has 2 amide bonds. The molecule has 18 heavy (non-hydrogen) atoms. The van der Waals surface area contributed by atoms with Crippen LogP contribution >= 0.6 is 0 Å². The molecule has 0 spiro atoms. The molecule has 0 atom stereocenters. The number of benzene rings is 1. The highest BCUT2D eigenvalue weighted by Crippen LogP contribution is 2.22. The molecule has 1 aromatic carbocycles. The van der Waals surface area contributed by atoms with Gasteiger partial charge in [0.2, 0.25) is 5.91 Å². The molecule has 1 aromatic rings. The number of amides is 2. The first-order valence-electron chi connectivity index (χ1n) is 5.53. The Labute approximate surface area is 105 Å². The number of nitrogen functional groups attached to an aromatic ring is 1. The van der Waals surface area contributed by atoms with Gasteiger partial charge in [-0.15, -0.1) is 0 Å². The Morgan fingerprint density at radius 1 is 1.28 bits per heavy atom. The average Bonchev–Trinajstić information content (AvgIpc) is 2.20. The molecule has 0 heterocycles. The van der Waals surface area contributed by atoms with Crippen molar-refractivity contribution in [1.82, 2.24) is 0 Å². The highest BCUT2D eigenvalue weighted by Gasteiger charge is 2.07. The van der Waals surface area contributed by atoms with Gasteiger partial charge < -0.3 is 15.8 Å². The van der Waals surface area contributed by atoms with Crippen LogP contribution in [0.15, 0.2) is 18.2 Å². The second kappa shape index (κ2) is 5.90. The number of rotatable bonds is 3. The zero-order valence-electron chi connectivity index (χ0n) is 10.6. The third-order valence-electron chi connectivity index (χ3n) is 1.95. The van der Waals surface area contributed by atoms with E-state index in [9.17, 15) is 9.59 Å². The summed E-state index contributed by atoms with van der Waals surface area (Å²) in [4.78, 5) is 22.2. The molecule has 0 unspecified atom stereocenters. The van der Waals surface area contributed by atoms with E-state index in [1.165, 1.54) is 6.92 Å². The van der Waals surface area contributed by atoms with E-state index in [2.05, 4.69) is 10.6 Å². The number of hydrogen-bond acceptors (Lipinski definition) is 4. The monoisotopic (exact) mass is 251 g/mol. The first-order valence-corrected chi connectivity index (χ1v) is 5.53. The molecule has 0 aromatic heterocycles. The summed E-state index contributed by atoms with van der Waals surface area (Å²) in [6.07, 6.45) is -0.738. The van der Waals surface area contributed by atoms with Crippen molar-refractivity contribution in [1.29, 1.82) is 0 Å². The van der Waals surface area contributed by atoms with Crippen LogP contribution in [0.2, 0.25) is 0 Å².